The molecule has 1 aromatic rings. The van der Waals surface area contributed by atoms with Crippen LogP contribution in [0.25, 0.3) is 0 Å². The Morgan fingerprint density at radius 1 is 1.32 bits per heavy atom. The SMILES string of the molecule is CCCN(CC)S(=O)(=O)c1cc(CNC)ccc1F. The second kappa shape index (κ2) is 6.98. The number of hydrogen-bond donors (Lipinski definition) is 1. The van der Waals surface area contributed by atoms with Crippen LogP contribution in [-0.2, 0) is 16.6 Å². The minimum Gasteiger partial charge on any atom is -0.316 e. The second-order valence-electron chi connectivity index (χ2n) is 4.29. The van der Waals surface area contributed by atoms with Crippen LogP contribution in [0, 0.1) is 5.82 Å². The molecule has 6 heteroatoms. The van der Waals surface area contributed by atoms with Crippen LogP contribution in [0.5, 0.6) is 0 Å². The fourth-order valence-electron chi connectivity index (χ4n) is 1.90. The highest BCUT2D eigenvalue weighted by atomic mass is 32.2. The summed E-state index contributed by atoms with van der Waals surface area (Å²) >= 11 is 0. The van der Waals surface area contributed by atoms with Gasteiger partial charge in [-0.25, -0.2) is 12.8 Å². The molecule has 1 rings (SSSR count). The molecule has 0 aliphatic rings. The summed E-state index contributed by atoms with van der Waals surface area (Å²) in [6, 6.07) is 4.19. The second-order valence-corrected chi connectivity index (χ2v) is 6.20. The van der Waals surface area contributed by atoms with Crippen molar-refractivity contribution in [3.8, 4) is 0 Å². The molecule has 0 heterocycles. The third-order valence-electron chi connectivity index (χ3n) is 2.82. The molecule has 0 saturated carbocycles. The molecule has 4 nitrogen and oxygen atoms in total. The Balaban J connectivity index is 3.22. The smallest absolute Gasteiger partial charge is 0.245 e. The summed E-state index contributed by atoms with van der Waals surface area (Å²) in [5.74, 6) is -0.700. The van der Waals surface area contributed by atoms with E-state index >= 15 is 0 Å². The Kier molecular flexibility index (Phi) is 5.90. The van der Waals surface area contributed by atoms with Crippen molar-refractivity contribution < 1.29 is 12.8 Å². The molecule has 0 aliphatic heterocycles. The van der Waals surface area contributed by atoms with E-state index < -0.39 is 15.8 Å². The first kappa shape index (κ1) is 16.1. The maximum atomic E-state index is 13.8. The summed E-state index contributed by atoms with van der Waals surface area (Å²) in [4.78, 5) is -0.240. The van der Waals surface area contributed by atoms with E-state index in [1.54, 1.807) is 20.0 Å². The van der Waals surface area contributed by atoms with E-state index in [1.807, 2.05) is 6.92 Å². The Morgan fingerprint density at radius 3 is 2.53 bits per heavy atom. The lowest BCUT2D eigenvalue weighted by Gasteiger charge is -2.20. The molecule has 1 N–H and O–H groups in total. The Hall–Kier alpha value is -0.980. The van der Waals surface area contributed by atoms with Gasteiger partial charge >= 0.3 is 0 Å². The molecule has 0 bridgehead atoms. The quantitative estimate of drug-likeness (QED) is 0.834. The molecule has 19 heavy (non-hydrogen) atoms. The molecule has 0 atom stereocenters. The fourth-order valence-corrected chi connectivity index (χ4v) is 3.55. The van der Waals surface area contributed by atoms with Crippen molar-refractivity contribution in [1.82, 2.24) is 9.62 Å². The van der Waals surface area contributed by atoms with Gasteiger partial charge in [0.05, 0.1) is 0 Å². The minimum atomic E-state index is -3.75. The maximum absolute atomic E-state index is 13.8. The van der Waals surface area contributed by atoms with Gasteiger partial charge in [-0.3, -0.25) is 0 Å². The van der Waals surface area contributed by atoms with Crippen molar-refractivity contribution in [3.05, 3.63) is 29.6 Å². The number of benzene rings is 1. The lowest BCUT2D eigenvalue weighted by Crippen LogP contribution is -2.32. The zero-order valence-electron chi connectivity index (χ0n) is 11.6. The van der Waals surface area contributed by atoms with E-state index in [0.717, 1.165) is 5.56 Å². The normalized spacial score (nSPS) is 12.1. The Morgan fingerprint density at radius 2 is 2.00 bits per heavy atom. The van der Waals surface area contributed by atoms with Gasteiger partial charge in [0.2, 0.25) is 10.0 Å². The zero-order valence-corrected chi connectivity index (χ0v) is 12.4. The van der Waals surface area contributed by atoms with Crippen LogP contribution in [0.2, 0.25) is 0 Å². The Bertz CT molecular complexity index is 517. The van der Waals surface area contributed by atoms with E-state index in [2.05, 4.69) is 5.32 Å². The summed E-state index contributed by atoms with van der Waals surface area (Å²) in [5.41, 5.74) is 0.745. The minimum absolute atomic E-state index is 0.240. The van der Waals surface area contributed by atoms with Crippen LogP contribution in [0.1, 0.15) is 25.8 Å². The summed E-state index contributed by atoms with van der Waals surface area (Å²) in [7, 11) is -2.00. The van der Waals surface area contributed by atoms with Crippen LogP contribution in [0.3, 0.4) is 0 Å². The maximum Gasteiger partial charge on any atom is 0.245 e. The molecule has 0 fully saturated rings. The molecule has 0 radical (unpaired) electrons. The molecular formula is C13H21FN2O2S. The molecular weight excluding hydrogens is 267 g/mol. The highest BCUT2D eigenvalue weighted by Gasteiger charge is 2.25. The third kappa shape index (κ3) is 3.75. The predicted molar refractivity (Wildman–Crippen MR) is 73.9 cm³/mol. The monoisotopic (exact) mass is 288 g/mol. The molecule has 108 valence electrons. The first-order chi connectivity index (χ1) is 8.97. The highest BCUT2D eigenvalue weighted by Crippen LogP contribution is 2.21. The number of rotatable bonds is 7. The predicted octanol–water partition coefficient (Wildman–Crippen LogP) is 1.97. The van der Waals surface area contributed by atoms with Gasteiger partial charge < -0.3 is 5.32 Å². The lowest BCUT2D eigenvalue weighted by molar-refractivity contribution is 0.422. The van der Waals surface area contributed by atoms with Gasteiger partial charge in [-0.05, 0) is 31.2 Å². The first-order valence-electron chi connectivity index (χ1n) is 6.40. The summed E-state index contributed by atoms with van der Waals surface area (Å²) in [6.07, 6.45) is 0.699. The lowest BCUT2D eigenvalue weighted by atomic mass is 10.2. The number of nitrogens with zero attached hydrogens (tertiary/aromatic N) is 1. The highest BCUT2D eigenvalue weighted by molar-refractivity contribution is 7.89. The molecule has 0 saturated heterocycles. The molecule has 0 spiro atoms. The van der Waals surface area contributed by atoms with Crippen molar-refractivity contribution in [3.63, 3.8) is 0 Å². The zero-order chi connectivity index (χ0) is 14.5. The topological polar surface area (TPSA) is 49.4 Å². The molecule has 1 aromatic carbocycles. The van der Waals surface area contributed by atoms with Gasteiger partial charge in [0.15, 0.2) is 0 Å². The van der Waals surface area contributed by atoms with E-state index in [1.165, 1.54) is 16.4 Å². The first-order valence-corrected chi connectivity index (χ1v) is 7.84. The van der Waals surface area contributed by atoms with Gasteiger partial charge in [0.25, 0.3) is 0 Å². The summed E-state index contributed by atoms with van der Waals surface area (Å²) < 4.78 is 39.9. The molecule has 0 unspecified atom stereocenters. The van der Waals surface area contributed by atoms with Crippen molar-refractivity contribution in [2.24, 2.45) is 0 Å². The van der Waals surface area contributed by atoms with Crippen LogP contribution in [-0.4, -0.2) is 32.9 Å². The van der Waals surface area contributed by atoms with Gasteiger partial charge in [-0.2, -0.15) is 4.31 Å². The van der Waals surface area contributed by atoms with Crippen LogP contribution in [0.4, 0.5) is 4.39 Å². The Labute approximate surface area is 114 Å². The molecule has 0 aromatic heterocycles. The molecule has 0 aliphatic carbocycles. The van der Waals surface area contributed by atoms with Crippen LogP contribution >= 0.6 is 0 Å². The van der Waals surface area contributed by atoms with Crippen LogP contribution < -0.4 is 5.32 Å². The standard InChI is InChI=1S/C13H21FN2O2S/c1-4-8-16(5-2)19(17,18)13-9-11(10-15-3)6-7-12(13)14/h6-7,9,15H,4-5,8,10H2,1-3H3. The number of halogens is 1. The van der Waals surface area contributed by atoms with Crippen LogP contribution in [0.15, 0.2) is 23.1 Å². The van der Waals surface area contributed by atoms with Crippen molar-refractivity contribution in [2.75, 3.05) is 20.1 Å². The van der Waals surface area contributed by atoms with Crippen molar-refractivity contribution >= 4 is 10.0 Å². The van der Waals surface area contributed by atoms with Crippen molar-refractivity contribution in [1.29, 1.82) is 0 Å². The largest absolute Gasteiger partial charge is 0.316 e. The summed E-state index contributed by atoms with van der Waals surface area (Å²) in [5, 5.41) is 2.92. The van der Waals surface area contributed by atoms with Gasteiger partial charge in [-0.15, -0.1) is 0 Å². The van der Waals surface area contributed by atoms with E-state index in [-0.39, 0.29) is 4.90 Å². The summed E-state index contributed by atoms with van der Waals surface area (Å²) in [6.45, 7) is 4.89. The van der Waals surface area contributed by atoms with E-state index in [4.69, 9.17) is 0 Å². The van der Waals surface area contributed by atoms with Gasteiger partial charge in [0, 0.05) is 19.6 Å². The number of sulfonamides is 1. The van der Waals surface area contributed by atoms with Gasteiger partial charge in [0.1, 0.15) is 10.7 Å². The van der Waals surface area contributed by atoms with Gasteiger partial charge in [-0.1, -0.05) is 19.9 Å². The number of hydrogen-bond acceptors (Lipinski definition) is 3. The average Bonchev–Trinajstić information content (AvgIpc) is 2.38. The van der Waals surface area contributed by atoms with E-state index in [0.29, 0.717) is 26.1 Å². The average molecular weight is 288 g/mol. The van der Waals surface area contributed by atoms with E-state index in [9.17, 15) is 12.8 Å². The third-order valence-corrected chi connectivity index (χ3v) is 4.81. The van der Waals surface area contributed by atoms with Crippen molar-refractivity contribution in [2.45, 2.75) is 31.7 Å². The molecule has 0 amide bonds. The number of nitrogens with one attached hydrogen (secondary N) is 1. The fraction of sp³-hybridized carbons (Fsp3) is 0.538.